The van der Waals surface area contributed by atoms with Gasteiger partial charge in [0.15, 0.2) is 0 Å². The zero-order chi connectivity index (χ0) is 13.9. The molecule has 3 rings (SSSR count). The van der Waals surface area contributed by atoms with E-state index in [-0.39, 0.29) is 30.4 Å². The number of benzene rings is 2. The summed E-state index contributed by atoms with van der Waals surface area (Å²) in [5, 5.41) is 6.35. The highest BCUT2D eigenvalue weighted by atomic mass is 35.5. The second-order valence-corrected chi connectivity index (χ2v) is 5.20. The summed E-state index contributed by atoms with van der Waals surface area (Å²) in [7, 11) is 0. The van der Waals surface area contributed by atoms with Crippen molar-refractivity contribution in [1.29, 1.82) is 0 Å². The summed E-state index contributed by atoms with van der Waals surface area (Å²) in [6.07, 6.45) is 0.753. The first-order valence-corrected chi connectivity index (χ1v) is 6.94. The molecule has 0 radical (unpaired) electrons. The van der Waals surface area contributed by atoms with Crippen LogP contribution in [0, 0.1) is 0 Å². The average Bonchev–Trinajstić information content (AvgIpc) is 2.92. The summed E-state index contributed by atoms with van der Waals surface area (Å²) >= 11 is 0. The van der Waals surface area contributed by atoms with Crippen LogP contribution in [0.3, 0.4) is 0 Å². The molecule has 2 aromatic rings. The normalized spacial score (nSPS) is 17.1. The number of hydrogen-bond donors (Lipinski definition) is 2. The molecule has 21 heavy (non-hydrogen) atoms. The molecule has 0 aromatic heterocycles. The second-order valence-electron chi connectivity index (χ2n) is 5.20. The third kappa shape index (κ3) is 3.37. The first-order chi connectivity index (χ1) is 9.74. The maximum absolute atomic E-state index is 12.3. The average molecular weight is 303 g/mol. The molecule has 0 unspecified atom stereocenters. The summed E-state index contributed by atoms with van der Waals surface area (Å²) in [5.74, 6) is 0.0533. The lowest BCUT2D eigenvalue weighted by Crippen LogP contribution is -2.39. The van der Waals surface area contributed by atoms with E-state index >= 15 is 0 Å². The largest absolute Gasteiger partial charge is 0.373 e. The molecular formula is C17H19ClN2O. The van der Waals surface area contributed by atoms with Crippen molar-refractivity contribution in [2.75, 3.05) is 5.32 Å². The number of carbonyl (C=O) groups is 1. The number of nitrogens with one attached hydrogen (secondary N) is 2. The maximum Gasteiger partial charge on any atom is 0.243 e. The summed E-state index contributed by atoms with van der Waals surface area (Å²) < 4.78 is 0. The Hall–Kier alpha value is -2.00. The Labute approximate surface area is 131 Å². The predicted molar refractivity (Wildman–Crippen MR) is 87.8 cm³/mol. The van der Waals surface area contributed by atoms with Gasteiger partial charge in [0.1, 0.15) is 6.04 Å². The van der Waals surface area contributed by atoms with E-state index in [0.29, 0.717) is 0 Å². The smallest absolute Gasteiger partial charge is 0.243 e. The van der Waals surface area contributed by atoms with Crippen LogP contribution in [-0.4, -0.2) is 11.9 Å². The number of hydrogen-bond acceptors (Lipinski definition) is 2. The van der Waals surface area contributed by atoms with Gasteiger partial charge >= 0.3 is 0 Å². The molecule has 2 N–H and O–H groups in total. The van der Waals surface area contributed by atoms with Gasteiger partial charge in [-0.3, -0.25) is 4.79 Å². The van der Waals surface area contributed by atoms with E-state index in [0.717, 1.165) is 17.7 Å². The van der Waals surface area contributed by atoms with Crippen molar-refractivity contribution >= 4 is 24.0 Å². The van der Waals surface area contributed by atoms with E-state index in [1.165, 1.54) is 5.56 Å². The monoisotopic (exact) mass is 302 g/mol. The van der Waals surface area contributed by atoms with E-state index < -0.39 is 0 Å². The fraction of sp³-hybridized carbons (Fsp3) is 0.235. The summed E-state index contributed by atoms with van der Waals surface area (Å²) in [5.41, 5.74) is 3.40. The molecule has 0 aliphatic carbocycles. The fourth-order valence-electron chi connectivity index (χ4n) is 2.60. The van der Waals surface area contributed by atoms with Crippen molar-refractivity contribution in [3.05, 3.63) is 65.7 Å². The summed E-state index contributed by atoms with van der Waals surface area (Å²) in [4.78, 5) is 12.3. The number of amides is 1. The molecule has 0 bridgehead atoms. The lowest BCUT2D eigenvalue weighted by atomic mass is 10.1. The highest BCUT2D eigenvalue weighted by molar-refractivity contribution is 5.87. The van der Waals surface area contributed by atoms with E-state index in [2.05, 4.69) is 16.7 Å². The molecule has 1 heterocycles. The van der Waals surface area contributed by atoms with Gasteiger partial charge in [0.2, 0.25) is 5.91 Å². The number of rotatable bonds is 3. The zero-order valence-electron chi connectivity index (χ0n) is 11.9. The van der Waals surface area contributed by atoms with E-state index in [1.807, 2.05) is 55.5 Å². The Balaban J connectivity index is 0.00000161. The SMILES string of the molecule is C[C@@H](NC(=O)[C@@H]1Cc2ccccc2N1)c1ccccc1.Cl. The maximum atomic E-state index is 12.3. The number of para-hydroxylation sites is 1. The van der Waals surface area contributed by atoms with E-state index in [1.54, 1.807) is 0 Å². The zero-order valence-corrected chi connectivity index (χ0v) is 12.7. The fourth-order valence-corrected chi connectivity index (χ4v) is 2.60. The number of anilines is 1. The van der Waals surface area contributed by atoms with Gasteiger partial charge in [0.05, 0.1) is 6.04 Å². The van der Waals surface area contributed by atoms with Gasteiger partial charge in [-0.1, -0.05) is 48.5 Å². The molecule has 0 saturated carbocycles. The lowest BCUT2D eigenvalue weighted by molar-refractivity contribution is -0.122. The second kappa shape index (κ2) is 6.64. The van der Waals surface area contributed by atoms with Gasteiger partial charge in [-0.2, -0.15) is 0 Å². The molecule has 1 aliphatic rings. The predicted octanol–water partition coefficient (Wildman–Crippen LogP) is 3.32. The highest BCUT2D eigenvalue weighted by Gasteiger charge is 2.27. The van der Waals surface area contributed by atoms with Crippen LogP contribution < -0.4 is 10.6 Å². The standard InChI is InChI=1S/C17H18N2O.ClH/c1-12(13-7-3-2-4-8-13)18-17(20)16-11-14-9-5-6-10-15(14)19-16;/h2-10,12,16,19H,11H2,1H3,(H,18,20);1H/t12-,16+;/m1./s1. The first-order valence-electron chi connectivity index (χ1n) is 6.94. The number of carbonyl (C=O) groups excluding carboxylic acids is 1. The van der Waals surface area contributed by atoms with Gasteiger partial charge in [0.25, 0.3) is 0 Å². The topological polar surface area (TPSA) is 41.1 Å². The van der Waals surface area contributed by atoms with Gasteiger partial charge in [-0.15, -0.1) is 12.4 Å². The molecule has 2 atom stereocenters. The van der Waals surface area contributed by atoms with Crippen LogP contribution in [0.4, 0.5) is 5.69 Å². The van der Waals surface area contributed by atoms with E-state index in [4.69, 9.17) is 0 Å². The number of fused-ring (bicyclic) bond motifs is 1. The third-order valence-corrected chi connectivity index (χ3v) is 3.75. The Morgan fingerprint density at radius 2 is 1.81 bits per heavy atom. The lowest BCUT2D eigenvalue weighted by Gasteiger charge is -2.18. The molecule has 0 fully saturated rings. The van der Waals surface area contributed by atoms with Crippen LogP contribution in [0.25, 0.3) is 0 Å². The molecule has 2 aromatic carbocycles. The van der Waals surface area contributed by atoms with E-state index in [9.17, 15) is 4.79 Å². The molecule has 1 amide bonds. The molecule has 3 nitrogen and oxygen atoms in total. The third-order valence-electron chi connectivity index (χ3n) is 3.75. The van der Waals surface area contributed by atoms with Crippen LogP contribution in [0.2, 0.25) is 0 Å². The summed E-state index contributed by atoms with van der Waals surface area (Å²) in [6.45, 7) is 2.01. The van der Waals surface area contributed by atoms with Gasteiger partial charge in [0, 0.05) is 12.1 Å². The van der Waals surface area contributed by atoms with Gasteiger partial charge in [-0.05, 0) is 24.1 Å². The molecular weight excluding hydrogens is 284 g/mol. The minimum Gasteiger partial charge on any atom is -0.373 e. The van der Waals surface area contributed by atoms with Crippen LogP contribution in [0.1, 0.15) is 24.1 Å². The van der Waals surface area contributed by atoms with Crippen molar-refractivity contribution in [3.63, 3.8) is 0 Å². The Kier molecular flexibility index (Phi) is 4.86. The van der Waals surface area contributed by atoms with Crippen molar-refractivity contribution in [1.82, 2.24) is 5.32 Å². The molecule has 4 heteroatoms. The quantitative estimate of drug-likeness (QED) is 0.913. The Morgan fingerprint density at radius 3 is 2.52 bits per heavy atom. The highest BCUT2D eigenvalue weighted by Crippen LogP contribution is 2.25. The van der Waals surface area contributed by atoms with Gasteiger partial charge in [-0.25, -0.2) is 0 Å². The molecule has 1 aliphatic heterocycles. The van der Waals surface area contributed by atoms with Crippen LogP contribution in [0.5, 0.6) is 0 Å². The van der Waals surface area contributed by atoms with Crippen molar-refractivity contribution in [2.24, 2.45) is 0 Å². The summed E-state index contributed by atoms with van der Waals surface area (Å²) in [6, 6.07) is 17.9. The van der Waals surface area contributed by atoms with Crippen molar-refractivity contribution in [2.45, 2.75) is 25.4 Å². The van der Waals surface area contributed by atoms with Crippen molar-refractivity contribution < 1.29 is 4.79 Å². The molecule has 0 spiro atoms. The van der Waals surface area contributed by atoms with Crippen LogP contribution in [-0.2, 0) is 11.2 Å². The van der Waals surface area contributed by atoms with Gasteiger partial charge < -0.3 is 10.6 Å². The minimum atomic E-state index is -0.168. The van der Waals surface area contributed by atoms with Crippen LogP contribution >= 0.6 is 12.4 Å². The molecule has 110 valence electrons. The van der Waals surface area contributed by atoms with Crippen LogP contribution in [0.15, 0.2) is 54.6 Å². The minimum absolute atomic E-state index is 0. The Morgan fingerprint density at radius 1 is 1.14 bits per heavy atom. The Bertz CT molecular complexity index is 590. The molecule has 0 saturated heterocycles. The number of halogens is 1. The first kappa shape index (κ1) is 15.4. The van der Waals surface area contributed by atoms with Crippen molar-refractivity contribution in [3.8, 4) is 0 Å².